The molecule has 7 rings (SSSR count). The van der Waals surface area contributed by atoms with Crippen molar-refractivity contribution in [3.05, 3.63) is 29.8 Å². The number of anilines is 1. The predicted molar refractivity (Wildman–Crippen MR) is 175 cm³/mol. The summed E-state index contributed by atoms with van der Waals surface area (Å²) >= 11 is 0. The molecule has 6 aliphatic rings. The monoisotopic (exact) mass is 685 g/mol. The summed E-state index contributed by atoms with van der Waals surface area (Å²) in [5.41, 5.74) is 0.900. The quantitative estimate of drug-likeness (QED) is 0.209. The molecule has 2 amide bonds. The van der Waals surface area contributed by atoms with E-state index >= 15 is 0 Å². The third-order valence-electron chi connectivity index (χ3n) is 14.0. The van der Waals surface area contributed by atoms with E-state index in [1.165, 1.54) is 0 Å². The zero-order chi connectivity index (χ0) is 35.3. The average molecular weight is 686 g/mol. The van der Waals surface area contributed by atoms with Crippen LogP contribution in [0.25, 0.3) is 0 Å². The largest absolute Gasteiger partial charge is 0.461 e. The van der Waals surface area contributed by atoms with Gasteiger partial charge in [-0.1, -0.05) is 26.0 Å². The summed E-state index contributed by atoms with van der Waals surface area (Å²) in [5, 5.41) is 40.8. The number of aliphatic hydroxyl groups is 3. The summed E-state index contributed by atoms with van der Waals surface area (Å²) < 4.78 is 24.8. The van der Waals surface area contributed by atoms with Crippen LogP contribution in [0.2, 0.25) is 0 Å². The fraction of sp³-hybridized carbons (Fsp3) is 0.750. The molecule has 270 valence electrons. The molecule has 0 unspecified atom stereocenters. The number of hydrogen-bond donors (Lipinski definition) is 5. The van der Waals surface area contributed by atoms with Gasteiger partial charge in [-0.3, -0.25) is 14.5 Å². The van der Waals surface area contributed by atoms with Gasteiger partial charge in [0.05, 0.1) is 48.3 Å². The number of carbonyl (C=O) groups is 3. The van der Waals surface area contributed by atoms with Gasteiger partial charge >= 0.3 is 5.97 Å². The zero-order valence-corrected chi connectivity index (χ0v) is 29.0. The number of primary amides is 1. The summed E-state index contributed by atoms with van der Waals surface area (Å²) in [5.74, 6) is -3.71. The molecular weight excluding hydrogens is 634 g/mol. The molecule has 13 nitrogen and oxygen atoms in total. The van der Waals surface area contributed by atoms with E-state index in [2.05, 4.69) is 10.2 Å². The lowest BCUT2D eigenvalue weighted by Gasteiger charge is -2.70. The highest BCUT2D eigenvalue weighted by molar-refractivity contribution is 6.02. The number of likely N-dealkylation sites (N-methyl/N-ethyl adjacent to an activating group) is 1. The minimum absolute atomic E-state index is 0.0112. The van der Waals surface area contributed by atoms with Gasteiger partial charge in [-0.25, -0.2) is 4.79 Å². The van der Waals surface area contributed by atoms with E-state index in [1.54, 1.807) is 52.5 Å². The lowest BCUT2D eigenvalue weighted by molar-refractivity contribution is -0.318. The minimum Gasteiger partial charge on any atom is -0.461 e. The number of benzene rings is 1. The van der Waals surface area contributed by atoms with Crippen LogP contribution >= 0.6 is 0 Å². The number of fused-ring (bicyclic) bond motifs is 2. The van der Waals surface area contributed by atoms with Crippen molar-refractivity contribution in [1.29, 1.82) is 0 Å². The molecule has 6 N–H and O–H groups in total. The van der Waals surface area contributed by atoms with E-state index in [4.69, 9.17) is 24.7 Å². The average Bonchev–Trinajstić information content (AvgIpc) is 3.44. The first kappa shape index (κ1) is 34.8. The molecule has 0 aromatic heterocycles. The van der Waals surface area contributed by atoms with E-state index in [0.29, 0.717) is 32.4 Å². The van der Waals surface area contributed by atoms with Crippen LogP contribution < -0.4 is 11.1 Å². The van der Waals surface area contributed by atoms with Gasteiger partial charge in [-0.05, 0) is 43.9 Å². The molecule has 6 fully saturated rings. The summed E-state index contributed by atoms with van der Waals surface area (Å²) in [4.78, 5) is 40.4. The maximum atomic E-state index is 13.9. The fourth-order valence-corrected chi connectivity index (χ4v) is 12.3. The van der Waals surface area contributed by atoms with Crippen molar-refractivity contribution in [2.24, 2.45) is 46.2 Å². The molecule has 5 saturated carbocycles. The number of piperidine rings is 1. The number of hydrogen-bond acceptors (Lipinski definition) is 11. The zero-order valence-electron chi connectivity index (χ0n) is 29.0. The van der Waals surface area contributed by atoms with Gasteiger partial charge in [0.15, 0.2) is 0 Å². The van der Waals surface area contributed by atoms with E-state index in [9.17, 15) is 29.7 Å². The fourth-order valence-electron chi connectivity index (χ4n) is 12.3. The number of nitrogens with one attached hydrogen (secondary N) is 1. The van der Waals surface area contributed by atoms with Crippen LogP contribution in [0.5, 0.6) is 0 Å². The molecule has 1 aliphatic heterocycles. The molecule has 1 heterocycles. The highest BCUT2D eigenvalue weighted by Gasteiger charge is 2.91. The molecule has 5 aliphatic carbocycles. The van der Waals surface area contributed by atoms with Crippen LogP contribution in [0.1, 0.15) is 56.3 Å². The molecule has 49 heavy (non-hydrogen) atoms. The number of aliphatic hydroxyl groups excluding tert-OH is 1. The Labute approximate surface area is 286 Å². The molecule has 1 aromatic rings. The number of amides is 2. The van der Waals surface area contributed by atoms with Crippen molar-refractivity contribution in [3.63, 3.8) is 0 Å². The molecule has 13 heteroatoms. The number of carbonyl (C=O) groups excluding carboxylic acids is 3. The number of rotatable bonds is 11. The van der Waals surface area contributed by atoms with E-state index in [-0.39, 0.29) is 54.6 Å². The smallest absolute Gasteiger partial charge is 0.340 e. The minimum atomic E-state index is -1.78. The van der Waals surface area contributed by atoms with E-state index in [1.807, 2.05) is 6.92 Å². The predicted octanol–water partition coefficient (Wildman–Crippen LogP) is 0.932. The van der Waals surface area contributed by atoms with Gasteiger partial charge < -0.3 is 45.3 Å². The van der Waals surface area contributed by atoms with Crippen molar-refractivity contribution in [3.8, 4) is 0 Å². The topological polar surface area (TPSA) is 190 Å². The van der Waals surface area contributed by atoms with Gasteiger partial charge in [0.25, 0.3) is 0 Å². The van der Waals surface area contributed by atoms with Crippen LogP contribution in [-0.2, 0) is 28.5 Å². The molecule has 0 radical (unpaired) electrons. The summed E-state index contributed by atoms with van der Waals surface area (Å²) in [6.45, 7) is 4.68. The van der Waals surface area contributed by atoms with Crippen LogP contribution in [0.3, 0.4) is 0 Å². The SMILES string of the molecule is CCN1C[C@]2(COC(=O)c3ccccc3NC(=O)C[C@@H](C)C(N)=O)CC[C@H](OC)[C@@]34[C@@H]5C[C@H]6[C@H](O)[C@@H]5[C@](O)(C[C@@H]6OC)[C@@](O)([C@H]13)[C@@H](OC)[C@H]24. The third-order valence-corrected chi connectivity index (χ3v) is 14.0. The van der Waals surface area contributed by atoms with Gasteiger partial charge in [0.2, 0.25) is 11.8 Å². The van der Waals surface area contributed by atoms with Crippen LogP contribution in [0.15, 0.2) is 24.3 Å². The highest BCUT2D eigenvalue weighted by Crippen LogP contribution is 2.80. The highest BCUT2D eigenvalue weighted by atomic mass is 16.5. The first-order valence-electron chi connectivity index (χ1n) is 17.6. The van der Waals surface area contributed by atoms with Crippen LogP contribution in [0.4, 0.5) is 5.69 Å². The Bertz CT molecular complexity index is 1510. The normalized spacial score (nSPS) is 45.1. The number of nitrogens with two attached hydrogens (primary N) is 1. The van der Waals surface area contributed by atoms with Gasteiger partial charge in [0.1, 0.15) is 11.2 Å². The second-order valence-corrected chi connectivity index (χ2v) is 15.7. The third kappa shape index (κ3) is 4.39. The lowest BCUT2D eigenvalue weighted by Crippen LogP contribution is -2.82. The Balaban J connectivity index is 1.27. The Morgan fingerprint density at radius 1 is 1.12 bits per heavy atom. The second kappa shape index (κ2) is 12.0. The molecule has 1 saturated heterocycles. The van der Waals surface area contributed by atoms with Crippen molar-refractivity contribution < 1.29 is 48.7 Å². The Morgan fingerprint density at radius 3 is 2.51 bits per heavy atom. The van der Waals surface area contributed by atoms with Crippen molar-refractivity contribution in [1.82, 2.24) is 4.90 Å². The number of likely N-dealkylation sites (tertiary alicyclic amines) is 1. The molecule has 14 atom stereocenters. The van der Waals surface area contributed by atoms with Crippen LogP contribution in [0, 0.1) is 40.4 Å². The summed E-state index contributed by atoms with van der Waals surface area (Å²) in [6.07, 6.45) is -0.509. The number of esters is 1. The number of para-hydroxylation sites is 1. The lowest BCUT2D eigenvalue weighted by atomic mass is 9.42. The Morgan fingerprint density at radius 2 is 1.86 bits per heavy atom. The standard InChI is InChI=1S/C36H51N3O10/c1-6-39-16-33(17-49-31(43)19-9-7-8-10-22(19)38-25(40)13-18(2)30(37)42)12-11-24(47-4)35-21-14-20-23(46-3)15-34(44,26(21)27(20)41)36(45,32(35)39)29(48-5)28(33)35/h7-10,18,20-21,23-24,26-29,32,41,44-45H,6,11-17H2,1-5H3,(H2,37,42)(H,38,40)/t18-,20-,21-,23+,24+,26-,27+,28-,29+,32-,33+,34-,35-,36+/m1/s1. The van der Waals surface area contributed by atoms with Crippen molar-refractivity contribution in [2.75, 3.05) is 46.3 Å². The molecular formula is C36H51N3O10. The maximum Gasteiger partial charge on any atom is 0.340 e. The first-order valence-corrected chi connectivity index (χ1v) is 17.6. The Kier molecular flexibility index (Phi) is 8.49. The number of nitrogens with zero attached hydrogens (tertiary/aromatic N) is 1. The van der Waals surface area contributed by atoms with Gasteiger partial charge in [0, 0.05) is 75.2 Å². The van der Waals surface area contributed by atoms with Gasteiger partial charge in [-0.2, -0.15) is 0 Å². The van der Waals surface area contributed by atoms with Gasteiger partial charge in [-0.15, -0.1) is 0 Å². The van der Waals surface area contributed by atoms with Crippen LogP contribution in [-0.4, -0.2) is 121 Å². The van der Waals surface area contributed by atoms with Crippen molar-refractivity contribution in [2.45, 2.75) is 87.6 Å². The molecule has 1 aromatic carbocycles. The second-order valence-electron chi connectivity index (χ2n) is 15.7. The summed E-state index contributed by atoms with van der Waals surface area (Å²) in [6, 6.07) is 6.04. The van der Waals surface area contributed by atoms with Crippen molar-refractivity contribution >= 4 is 23.5 Å². The van der Waals surface area contributed by atoms with E-state index < -0.39 is 76.0 Å². The molecule has 7 bridgehead atoms. The molecule has 1 spiro atoms. The number of ether oxygens (including phenoxy) is 4. The Hall–Kier alpha value is -2.65. The van der Waals surface area contributed by atoms with E-state index in [0.717, 1.165) is 0 Å². The number of methoxy groups -OCH3 is 3. The first-order chi connectivity index (χ1) is 23.3. The maximum absolute atomic E-state index is 13.9. The summed E-state index contributed by atoms with van der Waals surface area (Å²) in [7, 11) is 4.86.